The summed E-state index contributed by atoms with van der Waals surface area (Å²) < 4.78 is 59.8. The zero-order valence-corrected chi connectivity index (χ0v) is 17.7. The van der Waals surface area contributed by atoms with E-state index >= 15 is 0 Å². The van der Waals surface area contributed by atoms with Crippen LogP contribution in [-0.4, -0.2) is 85.7 Å². The minimum atomic E-state index is -3.44. The monoisotopic (exact) mass is 415 g/mol. The molecule has 3 unspecified atom stereocenters. The van der Waals surface area contributed by atoms with Crippen molar-refractivity contribution in [2.24, 2.45) is 11.8 Å². The van der Waals surface area contributed by atoms with E-state index < -0.39 is 51.6 Å². The molecule has 3 fully saturated rings. The first-order valence-corrected chi connectivity index (χ1v) is 12.9. The van der Waals surface area contributed by atoms with Crippen molar-refractivity contribution in [3.05, 3.63) is 0 Å². The summed E-state index contributed by atoms with van der Waals surface area (Å²) in [5.74, 6) is -0.438. The van der Waals surface area contributed by atoms with Crippen molar-refractivity contribution in [1.29, 1.82) is 0 Å². The van der Waals surface area contributed by atoms with Gasteiger partial charge in [0, 0.05) is 44.9 Å². The van der Waals surface area contributed by atoms with Gasteiger partial charge in [0.15, 0.2) is 0 Å². The minimum absolute atomic E-state index is 0.0637. The molecular formula is C14H24B3O8P2. The second-order valence-electron chi connectivity index (χ2n) is 7.46. The Morgan fingerprint density at radius 3 is 1.89 bits per heavy atom. The van der Waals surface area contributed by atoms with Gasteiger partial charge in [-0.2, -0.15) is 0 Å². The molecule has 3 aliphatic rings. The second kappa shape index (κ2) is 8.27. The van der Waals surface area contributed by atoms with Crippen molar-refractivity contribution >= 4 is 37.9 Å². The molecule has 0 saturated carbocycles. The van der Waals surface area contributed by atoms with Gasteiger partial charge in [0.2, 0.25) is 0 Å². The van der Waals surface area contributed by atoms with Gasteiger partial charge < -0.3 is 27.6 Å². The Morgan fingerprint density at radius 2 is 1.37 bits per heavy atom. The molecule has 0 aromatic rings. The normalized spacial score (nSPS) is 54.4. The van der Waals surface area contributed by atoms with E-state index in [2.05, 4.69) is 0 Å². The van der Waals surface area contributed by atoms with Gasteiger partial charge in [0.05, 0.1) is 32.6 Å². The molecule has 10 atom stereocenters. The van der Waals surface area contributed by atoms with Crippen LogP contribution in [0, 0.1) is 11.8 Å². The van der Waals surface area contributed by atoms with E-state index in [0.29, 0.717) is 0 Å². The van der Waals surface area contributed by atoms with Gasteiger partial charge in [-0.1, -0.05) is 13.8 Å². The van der Waals surface area contributed by atoms with Gasteiger partial charge in [-0.3, -0.25) is 9.13 Å². The third-order valence-electron chi connectivity index (χ3n) is 5.23. The Labute approximate surface area is 163 Å². The first kappa shape index (κ1) is 22.1. The van der Waals surface area contributed by atoms with Crippen LogP contribution in [0.15, 0.2) is 0 Å². The highest BCUT2D eigenvalue weighted by Crippen LogP contribution is 2.53. The van der Waals surface area contributed by atoms with Gasteiger partial charge in [0.1, 0.15) is 20.1 Å². The molecule has 0 amide bonds. The van der Waals surface area contributed by atoms with Crippen molar-refractivity contribution in [3.8, 4) is 0 Å². The van der Waals surface area contributed by atoms with Crippen LogP contribution in [-0.2, 0) is 36.7 Å². The highest BCUT2D eigenvalue weighted by Gasteiger charge is 2.48. The predicted molar refractivity (Wildman–Crippen MR) is 102 cm³/mol. The summed E-state index contributed by atoms with van der Waals surface area (Å²) in [6.45, 7) is 6.33. The molecule has 27 heavy (non-hydrogen) atoms. The van der Waals surface area contributed by atoms with Crippen molar-refractivity contribution in [2.75, 3.05) is 26.5 Å². The maximum Gasteiger partial charge on any atom is 0.328 e. The molecule has 147 valence electrons. The Balaban J connectivity index is 1.85. The maximum absolute atomic E-state index is 12.9. The molecule has 0 N–H and O–H groups in total. The summed E-state index contributed by atoms with van der Waals surface area (Å²) in [7, 11) is 6.09. The summed E-state index contributed by atoms with van der Waals surface area (Å²) in [6, 6.07) is -1.03. The minimum Gasteiger partial charge on any atom is -0.379 e. The average molecular weight is 415 g/mol. The lowest BCUT2D eigenvalue weighted by molar-refractivity contribution is -0.0267. The lowest BCUT2D eigenvalue weighted by Crippen LogP contribution is -2.35. The van der Waals surface area contributed by atoms with Crippen molar-refractivity contribution < 1.29 is 36.7 Å². The zero-order chi connectivity index (χ0) is 20.0. The molecule has 3 aliphatic heterocycles. The molecule has 3 saturated heterocycles. The quantitative estimate of drug-likeness (QED) is 0.466. The standard InChI is InChI=1S/C14H24B3O8P2/c1-7-11-9(22-13(7)15)5-20-27(4,19)25-12-8(2)14(17-16)23-10(12)6-21-26(3,18)24-11/h7-14H,5-6H2,1-4H3/t7-,8-,9-,10-,11+,12+,13?,14-,26?,27?/m1/s1. The fourth-order valence-corrected chi connectivity index (χ4v) is 6.09. The molecule has 0 aromatic carbocycles. The van der Waals surface area contributed by atoms with E-state index in [1.807, 2.05) is 13.8 Å². The van der Waals surface area contributed by atoms with Gasteiger partial charge in [-0.05, 0) is 0 Å². The molecule has 3 heterocycles. The largest absolute Gasteiger partial charge is 0.379 e. The molecule has 13 heteroatoms. The highest BCUT2D eigenvalue weighted by molar-refractivity contribution is 7.53. The number of fused-ring (bicyclic) bond motifs is 2. The van der Waals surface area contributed by atoms with Crippen LogP contribution in [0.3, 0.4) is 0 Å². The fourth-order valence-electron chi connectivity index (χ4n) is 3.59. The van der Waals surface area contributed by atoms with E-state index in [-0.39, 0.29) is 25.0 Å². The smallest absolute Gasteiger partial charge is 0.328 e. The summed E-state index contributed by atoms with van der Waals surface area (Å²) >= 11 is 0. The molecule has 3 rings (SSSR count). The second-order valence-corrected chi connectivity index (χ2v) is 11.5. The average Bonchev–Trinajstić information content (AvgIpc) is 3.02. The van der Waals surface area contributed by atoms with Gasteiger partial charge in [-0.15, -0.1) is 0 Å². The van der Waals surface area contributed by atoms with Crippen LogP contribution in [0.4, 0.5) is 0 Å². The van der Waals surface area contributed by atoms with E-state index in [1.165, 1.54) is 20.5 Å². The molecule has 8 nitrogen and oxygen atoms in total. The topological polar surface area (TPSA) is 89.5 Å². The van der Waals surface area contributed by atoms with E-state index in [1.54, 1.807) is 0 Å². The van der Waals surface area contributed by atoms with E-state index in [0.717, 1.165) is 0 Å². The third-order valence-corrected chi connectivity index (χ3v) is 7.72. The third kappa shape index (κ3) is 4.95. The predicted octanol–water partition coefficient (Wildman–Crippen LogP) is 1.13. The SMILES string of the molecule is [B][B][C@@H]1O[C@@H]2COP(C)(=O)O[C@@H]3[C@@H](COP(C)(=O)O[C@H]2[C@H]1C)OC([B])[C@@H]3C. The zero-order valence-electron chi connectivity index (χ0n) is 15.9. The maximum atomic E-state index is 12.9. The van der Waals surface area contributed by atoms with Crippen LogP contribution >= 0.6 is 15.2 Å². The Morgan fingerprint density at radius 1 is 0.889 bits per heavy atom. The Kier molecular flexibility index (Phi) is 6.77. The van der Waals surface area contributed by atoms with Crippen LogP contribution in [0.25, 0.3) is 0 Å². The first-order chi connectivity index (χ1) is 12.5. The molecule has 0 bridgehead atoms. The van der Waals surface area contributed by atoms with Crippen molar-refractivity contribution in [1.82, 2.24) is 0 Å². The Hall–Kier alpha value is 0.415. The van der Waals surface area contributed by atoms with Gasteiger partial charge in [-0.25, -0.2) is 0 Å². The summed E-state index contributed by atoms with van der Waals surface area (Å²) in [4.78, 5) is 0. The summed E-state index contributed by atoms with van der Waals surface area (Å²) in [5, 5.41) is 0. The Bertz CT molecular complexity index is 639. The van der Waals surface area contributed by atoms with Crippen LogP contribution in [0.5, 0.6) is 0 Å². The lowest BCUT2D eigenvalue weighted by atomic mass is 9.49. The van der Waals surface area contributed by atoms with E-state index in [9.17, 15) is 9.13 Å². The van der Waals surface area contributed by atoms with Crippen LogP contribution < -0.4 is 0 Å². The number of rotatable bonds is 1. The van der Waals surface area contributed by atoms with Gasteiger partial charge in [0.25, 0.3) is 0 Å². The fraction of sp³-hybridized carbons (Fsp3) is 1.00. The van der Waals surface area contributed by atoms with Crippen molar-refractivity contribution in [2.45, 2.75) is 50.3 Å². The first-order valence-electron chi connectivity index (χ1n) is 8.95. The molecule has 0 spiro atoms. The van der Waals surface area contributed by atoms with E-state index in [4.69, 9.17) is 43.2 Å². The summed E-state index contributed by atoms with van der Waals surface area (Å²) in [5.41, 5.74) is 0. The number of ether oxygens (including phenoxy) is 2. The highest BCUT2D eigenvalue weighted by atomic mass is 31.2. The van der Waals surface area contributed by atoms with Gasteiger partial charge >= 0.3 is 15.2 Å². The molecule has 0 aromatic heterocycles. The number of hydrogen-bond acceptors (Lipinski definition) is 8. The number of hydrogen-bond donors (Lipinski definition) is 0. The van der Waals surface area contributed by atoms with Crippen molar-refractivity contribution in [3.63, 3.8) is 0 Å². The van der Waals surface area contributed by atoms with Crippen LogP contribution in [0.1, 0.15) is 13.8 Å². The molecule has 0 aliphatic carbocycles. The summed E-state index contributed by atoms with van der Waals surface area (Å²) in [6.07, 6.45) is -2.49. The molecular weight excluding hydrogens is 391 g/mol. The lowest BCUT2D eigenvalue weighted by Gasteiger charge is -2.30. The van der Waals surface area contributed by atoms with Crippen LogP contribution in [0.2, 0.25) is 0 Å². The molecule has 5 radical (unpaired) electrons.